The molecule has 2 aromatic carbocycles. The summed E-state index contributed by atoms with van der Waals surface area (Å²) in [7, 11) is -3.60. The van der Waals surface area contributed by atoms with Gasteiger partial charge in [0.2, 0.25) is 15.9 Å². The van der Waals surface area contributed by atoms with Crippen molar-refractivity contribution in [2.45, 2.75) is 0 Å². The van der Waals surface area contributed by atoms with Gasteiger partial charge in [0, 0.05) is 23.6 Å². The van der Waals surface area contributed by atoms with Gasteiger partial charge < -0.3 is 4.74 Å². The molecule has 0 saturated carbocycles. The van der Waals surface area contributed by atoms with Gasteiger partial charge in [0.25, 0.3) is 0 Å². The number of rotatable bonds is 8. The van der Waals surface area contributed by atoms with E-state index >= 15 is 0 Å². The van der Waals surface area contributed by atoms with E-state index in [0.717, 1.165) is 11.0 Å². The first kappa shape index (κ1) is 20.6. The highest BCUT2D eigenvalue weighted by atomic mass is 32.2. The number of nitrogens with one attached hydrogen (secondary N) is 1. The van der Waals surface area contributed by atoms with Crippen LogP contribution in [0.15, 0.2) is 72.1 Å². The number of halogens is 1. The molecule has 8 nitrogen and oxygen atoms in total. The minimum Gasteiger partial charge on any atom is -0.475 e. The highest BCUT2D eigenvalue weighted by molar-refractivity contribution is 7.92. The highest BCUT2D eigenvalue weighted by Gasteiger charge is 2.11. The molecule has 158 valence electrons. The van der Waals surface area contributed by atoms with Crippen LogP contribution in [0.3, 0.4) is 0 Å². The molecule has 0 saturated heterocycles. The van der Waals surface area contributed by atoms with Gasteiger partial charge in [-0.3, -0.25) is 0 Å². The molecule has 0 radical (unpaired) electrons. The van der Waals surface area contributed by atoms with Gasteiger partial charge >= 0.3 is 0 Å². The molecule has 10 heteroatoms. The Labute approximate surface area is 178 Å². The summed E-state index contributed by atoms with van der Waals surface area (Å²) in [6.07, 6.45) is 1.51. The summed E-state index contributed by atoms with van der Waals surface area (Å²) in [4.78, 5) is 0. The predicted octanol–water partition coefficient (Wildman–Crippen LogP) is 2.90. The van der Waals surface area contributed by atoms with E-state index in [-0.39, 0.29) is 19.0 Å². The Morgan fingerprint density at radius 3 is 2.68 bits per heavy atom. The normalized spacial score (nSPS) is 11.9. The summed E-state index contributed by atoms with van der Waals surface area (Å²) in [6, 6.07) is 18.3. The Hall–Kier alpha value is -3.63. The number of aromatic nitrogens is 4. The number of hydrogen-bond donors (Lipinski definition) is 1. The Kier molecular flexibility index (Phi) is 6.01. The molecule has 2 aromatic heterocycles. The molecule has 0 fully saturated rings. The Morgan fingerprint density at radius 1 is 1.03 bits per heavy atom. The minimum atomic E-state index is -3.60. The van der Waals surface area contributed by atoms with E-state index in [0.29, 0.717) is 17.0 Å². The van der Waals surface area contributed by atoms with Gasteiger partial charge in [-0.1, -0.05) is 42.5 Å². The summed E-state index contributed by atoms with van der Waals surface area (Å²) < 4.78 is 47.1. The molecule has 2 heterocycles. The SMILES string of the molecule is O=S(=O)(C=Cc1ccccc1)NCCOc1ccc2nnc(-c3cccc(F)c3)n2n1. The third kappa shape index (κ3) is 5.30. The second-order valence-corrected chi connectivity index (χ2v) is 8.13. The first-order valence-corrected chi connectivity index (χ1v) is 10.9. The second-order valence-electron chi connectivity index (χ2n) is 6.48. The van der Waals surface area contributed by atoms with Gasteiger partial charge in [-0.15, -0.1) is 15.3 Å². The topological polar surface area (TPSA) is 98.5 Å². The first-order valence-electron chi connectivity index (χ1n) is 9.34. The van der Waals surface area contributed by atoms with E-state index in [1.165, 1.54) is 22.7 Å². The molecule has 0 aliphatic carbocycles. The highest BCUT2D eigenvalue weighted by Crippen LogP contribution is 2.19. The molecule has 0 amide bonds. The Morgan fingerprint density at radius 2 is 1.87 bits per heavy atom. The molecule has 0 atom stereocenters. The van der Waals surface area contributed by atoms with Crippen molar-refractivity contribution in [1.82, 2.24) is 24.5 Å². The molecule has 0 aliphatic heterocycles. The fourth-order valence-corrected chi connectivity index (χ4v) is 3.58. The van der Waals surface area contributed by atoms with Gasteiger partial charge in [0.1, 0.15) is 12.4 Å². The molecular weight excluding hydrogens is 421 g/mol. The molecule has 31 heavy (non-hydrogen) atoms. The van der Waals surface area contributed by atoms with Crippen molar-refractivity contribution in [3.63, 3.8) is 0 Å². The molecule has 4 aromatic rings. The summed E-state index contributed by atoms with van der Waals surface area (Å²) in [5.41, 5.74) is 1.78. The number of hydrogen-bond acceptors (Lipinski definition) is 6. The third-order valence-corrected chi connectivity index (χ3v) is 5.32. The van der Waals surface area contributed by atoms with Gasteiger partial charge in [-0.2, -0.15) is 4.52 Å². The van der Waals surface area contributed by atoms with E-state index in [1.54, 1.807) is 36.4 Å². The molecule has 1 N–H and O–H groups in total. The number of nitrogens with zero attached hydrogens (tertiary/aromatic N) is 4. The molecular formula is C21H18FN5O3S. The largest absolute Gasteiger partial charge is 0.475 e. The van der Waals surface area contributed by atoms with E-state index in [2.05, 4.69) is 20.0 Å². The average molecular weight is 439 g/mol. The minimum absolute atomic E-state index is 0.0557. The zero-order valence-corrected chi connectivity index (χ0v) is 17.0. The maximum Gasteiger partial charge on any atom is 0.233 e. The van der Waals surface area contributed by atoms with Crippen molar-refractivity contribution < 1.29 is 17.5 Å². The lowest BCUT2D eigenvalue weighted by Crippen LogP contribution is -2.26. The Bertz CT molecular complexity index is 1320. The van der Waals surface area contributed by atoms with Crippen molar-refractivity contribution in [3.05, 3.63) is 83.5 Å². The van der Waals surface area contributed by atoms with Crippen molar-refractivity contribution in [3.8, 4) is 17.3 Å². The maximum atomic E-state index is 13.5. The monoisotopic (exact) mass is 439 g/mol. The lowest BCUT2D eigenvalue weighted by Gasteiger charge is -2.07. The van der Waals surface area contributed by atoms with Crippen molar-refractivity contribution in [1.29, 1.82) is 0 Å². The number of sulfonamides is 1. The van der Waals surface area contributed by atoms with Crippen LogP contribution in [0.25, 0.3) is 23.1 Å². The zero-order chi connectivity index (χ0) is 21.7. The van der Waals surface area contributed by atoms with Crippen molar-refractivity contribution in [2.24, 2.45) is 0 Å². The van der Waals surface area contributed by atoms with E-state index in [1.807, 2.05) is 18.2 Å². The van der Waals surface area contributed by atoms with E-state index in [9.17, 15) is 12.8 Å². The standard InChI is InChI=1S/C21H18FN5O3S/c22-18-8-4-7-17(15-18)21-25-24-19-9-10-20(26-27(19)21)30-13-12-23-31(28,29)14-11-16-5-2-1-3-6-16/h1-11,14-15,23H,12-13H2. The smallest absolute Gasteiger partial charge is 0.233 e. The summed E-state index contributed by atoms with van der Waals surface area (Å²) >= 11 is 0. The molecule has 0 spiro atoms. The lowest BCUT2D eigenvalue weighted by atomic mass is 10.2. The van der Waals surface area contributed by atoms with Crippen LogP contribution in [0.2, 0.25) is 0 Å². The number of benzene rings is 2. The van der Waals surface area contributed by atoms with Crippen LogP contribution in [0.4, 0.5) is 4.39 Å². The van der Waals surface area contributed by atoms with Crippen molar-refractivity contribution in [2.75, 3.05) is 13.2 Å². The van der Waals surface area contributed by atoms with Crippen LogP contribution in [0.5, 0.6) is 5.88 Å². The zero-order valence-electron chi connectivity index (χ0n) is 16.2. The summed E-state index contributed by atoms with van der Waals surface area (Å²) in [5.74, 6) is 0.228. The van der Waals surface area contributed by atoms with Gasteiger partial charge in [-0.05, 0) is 29.8 Å². The van der Waals surface area contributed by atoms with Crippen molar-refractivity contribution >= 4 is 21.7 Å². The molecule has 0 aliphatic rings. The maximum absolute atomic E-state index is 13.5. The second kappa shape index (κ2) is 9.02. The summed E-state index contributed by atoms with van der Waals surface area (Å²) in [5, 5.41) is 13.5. The number of ether oxygens (including phenoxy) is 1. The van der Waals surface area contributed by atoms with Crippen LogP contribution >= 0.6 is 0 Å². The number of fused-ring (bicyclic) bond motifs is 1. The van der Waals surface area contributed by atoms with Gasteiger partial charge in [0.15, 0.2) is 11.5 Å². The summed E-state index contributed by atoms with van der Waals surface area (Å²) in [6.45, 7) is 0.119. The fraction of sp³-hybridized carbons (Fsp3) is 0.0952. The molecule has 4 rings (SSSR count). The van der Waals surface area contributed by atoms with Gasteiger partial charge in [0.05, 0.1) is 0 Å². The van der Waals surface area contributed by atoms with Gasteiger partial charge in [-0.25, -0.2) is 17.5 Å². The quantitative estimate of drug-likeness (QED) is 0.424. The van der Waals surface area contributed by atoms with E-state index < -0.39 is 15.8 Å². The van der Waals surface area contributed by atoms with Crippen LogP contribution in [0, 0.1) is 5.82 Å². The fourth-order valence-electron chi connectivity index (χ4n) is 2.78. The van der Waals surface area contributed by atoms with Crippen LogP contribution in [-0.4, -0.2) is 41.4 Å². The van der Waals surface area contributed by atoms with Crippen LogP contribution in [0.1, 0.15) is 5.56 Å². The third-order valence-electron chi connectivity index (χ3n) is 4.22. The first-order chi connectivity index (χ1) is 15.0. The van der Waals surface area contributed by atoms with Crippen LogP contribution < -0.4 is 9.46 Å². The lowest BCUT2D eigenvalue weighted by molar-refractivity contribution is 0.306. The van der Waals surface area contributed by atoms with Crippen LogP contribution in [-0.2, 0) is 10.0 Å². The molecule has 0 bridgehead atoms. The van der Waals surface area contributed by atoms with E-state index in [4.69, 9.17) is 4.74 Å². The Balaban J connectivity index is 1.38. The molecule has 0 unspecified atom stereocenters. The predicted molar refractivity (Wildman–Crippen MR) is 114 cm³/mol. The average Bonchev–Trinajstić information content (AvgIpc) is 3.20.